The van der Waals surface area contributed by atoms with Crippen molar-refractivity contribution in [3.63, 3.8) is 0 Å². The zero-order valence-electron chi connectivity index (χ0n) is 9.84. The van der Waals surface area contributed by atoms with Crippen LogP contribution < -0.4 is 10.6 Å². The van der Waals surface area contributed by atoms with Gasteiger partial charge < -0.3 is 10.6 Å². The van der Waals surface area contributed by atoms with Gasteiger partial charge in [-0.1, -0.05) is 19.3 Å². The van der Waals surface area contributed by atoms with Gasteiger partial charge in [0.2, 0.25) is 5.91 Å². The van der Waals surface area contributed by atoms with E-state index in [1.807, 2.05) is 0 Å². The van der Waals surface area contributed by atoms with Crippen LogP contribution in [-0.2, 0) is 4.79 Å². The first-order valence-electron chi connectivity index (χ1n) is 6.37. The number of carbonyl (C=O) groups excluding carboxylic acids is 1. The first-order chi connectivity index (χ1) is 7.36. The molecule has 1 amide bonds. The predicted molar refractivity (Wildman–Crippen MR) is 67.9 cm³/mol. The number of nitrogens with one attached hydrogen (secondary N) is 2. The van der Waals surface area contributed by atoms with E-state index in [1.165, 1.54) is 25.7 Å². The molecule has 0 bridgehead atoms. The second kappa shape index (κ2) is 7.13. The first kappa shape index (κ1) is 13.8. The van der Waals surface area contributed by atoms with Crippen LogP contribution in [0, 0.1) is 5.92 Å². The molecule has 1 saturated heterocycles. The Balaban J connectivity index is 0.00000128. The third-order valence-corrected chi connectivity index (χ3v) is 3.62. The molecule has 4 heteroatoms. The zero-order valence-corrected chi connectivity index (χ0v) is 10.7. The zero-order chi connectivity index (χ0) is 10.5. The van der Waals surface area contributed by atoms with Crippen molar-refractivity contribution in [3.05, 3.63) is 0 Å². The molecule has 2 aliphatic rings. The van der Waals surface area contributed by atoms with Gasteiger partial charge in [0.1, 0.15) is 0 Å². The average molecular weight is 247 g/mol. The lowest BCUT2D eigenvalue weighted by Crippen LogP contribution is -2.47. The number of hydrogen-bond acceptors (Lipinski definition) is 2. The molecule has 1 heterocycles. The molecule has 1 saturated carbocycles. The van der Waals surface area contributed by atoms with E-state index in [-0.39, 0.29) is 12.4 Å². The van der Waals surface area contributed by atoms with Crippen LogP contribution in [0.15, 0.2) is 0 Å². The molecule has 0 aromatic rings. The number of hydrogen-bond donors (Lipinski definition) is 2. The Morgan fingerprint density at radius 2 is 1.81 bits per heavy atom. The van der Waals surface area contributed by atoms with E-state index in [4.69, 9.17) is 0 Å². The molecule has 3 nitrogen and oxygen atoms in total. The fourth-order valence-electron chi connectivity index (χ4n) is 2.66. The van der Waals surface area contributed by atoms with Crippen molar-refractivity contribution >= 4 is 18.3 Å². The van der Waals surface area contributed by atoms with E-state index in [2.05, 4.69) is 10.6 Å². The van der Waals surface area contributed by atoms with Gasteiger partial charge in [-0.2, -0.15) is 0 Å². The molecule has 0 unspecified atom stereocenters. The minimum absolute atomic E-state index is 0. The number of amides is 1. The van der Waals surface area contributed by atoms with Gasteiger partial charge in [-0.3, -0.25) is 4.79 Å². The van der Waals surface area contributed by atoms with E-state index in [9.17, 15) is 4.79 Å². The molecular formula is C12H23ClN2O. The lowest BCUT2D eigenvalue weighted by molar-refractivity contribution is -0.126. The highest BCUT2D eigenvalue weighted by Gasteiger charge is 2.23. The maximum atomic E-state index is 11.9. The van der Waals surface area contributed by atoms with Crippen molar-refractivity contribution in [3.8, 4) is 0 Å². The van der Waals surface area contributed by atoms with Crippen LogP contribution in [0.3, 0.4) is 0 Å². The summed E-state index contributed by atoms with van der Waals surface area (Å²) >= 11 is 0. The van der Waals surface area contributed by atoms with E-state index in [0.717, 1.165) is 32.4 Å². The van der Waals surface area contributed by atoms with Crippen LogP contribution in [0.4, 0.5) is 0 Å². The Bertz CT molecular complexity index is 211. The van der Waals surface area contributed by atoms with Gasteiger partial charge in [-0.25, -0.2) is 0 Å². The first-order valence-corrected chi connectivity index (χ1v) is 6.37. The fourth-order valence-corrected chi connectivity index (χ4v) is 2.66. The Hall–Kier alpha value is -0.280. The molecule has 2 rings (SSSR count). The third kappa shape index (κ3) is 3.95. The number of halogens is 1. The summed E-state index contributed by atoms with van der Waals surface area (Å²) in [5, 5.41) is 6.52. The van der Waals surface area contributed by atoms with E-state index in [0.29, 0.717) is 17.9 Å². The minimum atomic E-state index is 0. The lowest BCUT2D eigenvalue weighted by Gasteiger charge is -2.27. The van der Waals surface area contributed by atoms with Crippen LogP contribution in [0.5, 0.6) is 0 Å². The smallest absolute Gasteiger partial charge is 0.223 e. The Morgan fingerprint density at radius 1 is 1.06 bits per heavy atom. The highest BCUT2D eigenvalue weighted by Crippen LogP contribution is 2.23. The second-order valence-corrected chi connectivity index (χ2v) is 4.89. The fraction of sp³-hybridized carbons (Fsp3) is 0.917. The number of piperidine rings is 1. The minimum Gasteiger partial charge on any atom is -0.352 e. The van der Waals surface area contributed by atoms with Crippen LogP contribution in [0.2, 0.25) is 0 Å². The van der Waals surface area contributed by atoms with Crippen molar-refractivity contribution < 1.29 is 4.79 Å². The summed E-state index contributed by atoms with van der Waals surface area (Å²) in [5.41, 5.74) is 0. The molecule has 0 radical (unpaired) electrons. The van der Waals surface area contributed by atoms with Crippen molar-refractivity contribution in [2.75, 3.05) is 13.1 Å². The molecule has 0 aromatic carbocycles. The summed E-state index contributed by atoms with van der Waals surface area (Å²) in [4.78, 5) is 11.9. The molecule has 16 heavy (non-hydrogen) atoms. The van der Waals surface area contributed by atoms with E-state index in [1.54, 1.807) is 0 Å². The molecule has 2 fully saturated rings. The predicted octanol–water partition coefficient (Wildman–Crippen LogP) is 1.86. The quantitative estimate of drug-likeness (QED) is 0.781. The van der Waals surface area contributed by atoms with Gasteiger partial charge in [-0.05, 0) is 32.2 Å². The average Bonchev–Trinajstić information content (AvgIpc) is 2.31. The van der Waals surface area contributed by atoms with E-state index >= 15 is 0 Å². The number of carbonyl (C=O) groups is 1. The maximum Gasteiger partial charge on any atom is 0.223 e. The third-order valence-electron chi connectivity index (χ3n) is 3.62. The van der Waals surface area contributed by atoms with Crippen molar-refractivity contribution in [2.24, 2.45) is 5.92 Å². The molecular weight excluding hydrogens is 224 g/mol. The normalized spacial score (nSPS) is 26.9. The summed E-state index contributed by atoms with van der Waals surface area (Å²) in [6, 6.07) is 0.383. The molecule has 2 N–H and O–H groups in total. The van der Waals surface area contributed by atoms with Crippen molar-refractivity contribution in [2.45, 2.75) is 51.0 Å². The maximum absolute atomic E-state index is 11.9. The Morgan fingerprint density at radius 3 is 2.44 bits per heavy atom. The molecule has 94 valence electrons. The van der Waals surface area contributed by atoms with Gasteiger partial charge in [-0.15, -0.1) is 12.4 Å². The summed E-state index contributed by atoms with van der Waals surface area (Å²) in [6.45, 7) is 2.06. The van der Waals surface area contributed by atoms with Gasteiger partial charge in [0.25, 0.3) is 0 Å². The largest absolute Gasteiger partial charge is 0.352 e. The molecule has 0 aromatic heterocycles. The standard InChI is InChI=1S/C12H22N2O.ClH/c15-12(10-5-2-1-3-6-10)14-11-7-4-8-13-9-11;/h10-11,13H,1-9H2,(H,14,15);1H/t11-;/m1./s1. The van der Waals surface area contributed by atoms with Gasteiger partial charge >= 0.3 is 0 Å². The summed E-state index contributed by atoms with van der Waals surface area (Å²) in [7, 11) is 0. The second-order valence-electron chi connectivity index (χ2n) is 4.89. The SMILES string of the molecule is Cl.O=C(N[C@@H]1CCCNC1)C1CCCCC1. The Labute approximate surface area is 104 Å². The van der Waals surface area contributed by atoms with Crippen LogP contribution in [-0.4, -0.2) is 25.0 Å². The molecule has 0 spiro atoms. The van der Waals surface area contributed by atoms with Crippen LogP contribution in [0.25, 0.3) is 0 Å². The topological polar surface area (TPSA) is 41.1 Å². The van der Waals surface area contributed by atoms with Gasteiger partial charge in [0.15, 0.2) is 0 Å². The van der Waals surface area contributed by atoms with Crippen LogP contribution >= 0.6 is 12.4 Å². The monoisotopic (exact) mass is 246 g/mol. The lowest BCUT2D eigenvalue weighted by atomic mass is 9.88. The van der Waals surface area contributed by atoms with Crippen LogP contribution in [0.1, 0.15) is 44.9 Å². The molecule has 1 aliphatic heterocycles. The molecule has 1 aliphatic carbocycles. The van der Waals surface area contributed by atoms with E-state index < -0.39 is 0 Å². The highest BCUT2D eigenvalue weighted by molar-refractivity contribution is 5.85. The van der Waals surface area contributed by atoms with Crippen molar-refractivity contribution in [1.29, 1.82) is 0 Å². The summed E-state index contributed by atoms with van der Waals surface area (Å²) in [6.07, 6.45) is 8.33. The number of rotatable bonds is 2. The van der Waals surface area contributed by atoms with Gasteiger partial charge in [0, 0.05) is 18.5 Å². The molecule has 1 atom stereocenters. The van der Waals surface area contributed by atoms with Crippen molar-refractivity contribution in [1.82, 2.24) is 10.6 Å². The summed E-state index contributed by atoms with van der Waals surface area (Å²) in [5.74, 6) is 0.615. The highest BCUT2D eigenvalue weighted by atomic mass is 35.5. The summed E-state index contributed by atoms with van der Waals surface area (Å²) < 4.78 is 0. The Kier molecular flexibility index (Phi) is 6.14. The van der Waals surface area contributed by atoms with Gasteiger partial charge in [0.05, 0.1) is 0 Å².